The molecule has 3 heterocycles. The molecule has 1 amide bonds. The maximum atomic E-state index is 12.6. The molecule has 2 aliphatic heterocycles. The van der Waals surface area contributed by atoms with Gasteiger partial charge in [0.05, 0.1) is 36.3 Å². The summed E-state index contributed by atoms with van der Waals surface area (Å²) < 4.78 is 5.62. The Balaban J connectivity index is 1.42. The number of hydrogen-bond acceptors (Lipinski definition) is 8. The fourth-order valence-electron chi connectivity index (χ4n) is 4.26. The molecular weight excluding hydrogens is 420 g/mol. The van der Waals surface area contributed by atoms with E-state index in [1.807, 2.05) is 48.3 Å². The molecule has 0 atom stereocenters. The van der Waals surface area contributed by atoms with Crippen molar-refractivity contribution in [2.75, 3.05) is 47.7 Å². The molecule has 9 heteroatoms. The minimum Gasteiger partial charge on any atom is -0.494 e. The summed E-state index contributed by atoms with van der Waals surface area (Å²) in [7, 11) is 3.50. The van der Waals surface area contributed by atoms with Crippen LogP contribution in [0.1, 0.15) is 23.2 Å². The van der Waals surface area contributed by atoms with Crippen LogP contribution in [0.15, 0.2) is 48.7 Å². The maximum Gasteiger partial charge on any atom is 0.257 e. The molecule has 2 aliphatic rings. The smallest absolute Gasteiger partial charge is 0.257 e. The van der Waals surface area contributed by atoms with Crippen LogP contribution in [0.2, 0.25) is 0 Å². The van der Waals surface area contributed by atoms with E-state index in [2.05, 4.69) is 25.5 Å². The molecule has 9 nitrogen and oxygen atoms in total. The molecule has 1 saturated heterocycles. The number of para-hydroxylation sites is 1. The number of aliphatic hydroxyl groups excluding tert-OH is 1. The number of benzene rings is 2. The van der Waals surface area contributed by atoms with Gasteiger partial charge in [-0.2, -0.15) is 4.98 Å². The minimum absolute atomic E-state index is 0.192. The number of carbonyl (C=O) groups is 1. The first kappa shape index (κ1) is 21.0. The Bertz CT molecular complexity index is 1190. The molecule has 1 fully saturated rings. The van der Waals surface area contributed by atoms with Crippen molar-refractivity contribution in [3.63, 3.8) is 0 Å². The number of aromatic nitrogens is 2. The topological polar surface area (TPSA) is 103 Å². The van der Waals surface area contributed by atoms with Crippen molar-refractivity contribution in [2.45, 2.75) is 18.9 Å². The Morgan fingerprint density at radius 3 is 2.76 bits per heavy atom. The largest absolute Gasteiger partial charge is 0.494 e. The van der Waals surface area contributed by atoms with E-state index < -0.39 is 0 Å². The van der Waals surface area contributed by atoms with Crippen LogP contribution < -0.4 is 25.2 Å². The monoisotopic (exact) mass is 446 g/mol. The third-order valence-corrected chi connectivity index (χ3v) is 6.11. The third-order valence-electron chi connectivity index (χ3n) is 6.11. The zero-order chi connectivity index (χ0) is 22.9. The fourth-order valence-corrected chi connectivity index (χ4v) is 4.26. The van der Waals surface area contributed by atoms with Crippen molar-refractivity contribution in [3.05, 3.63) is 54.2 Å². The van der Waals surface area contributed by atoms with Crippen LogP contribution >= 0.6 is 0 Å². The van der Waals surface area contributed by atoms with Gasteiger partial charge in [0.25, 0.3) is 5.91 Å². The van der Waals surface area contributed by atoms with E-state index >= 15 is 0 Å². The number of rotatable bonds is 4. The summed E-state index contributed by atoms with van der Waals surface area (Å²) in [6, 6.07) is 13.3. The summed E-state index contributed by atoms with van der Waals surface area (Å²) in [5.74, 6) is 1.46. The second-order valence-corrected chi connectivity index (χ2v) is 8.19. The molecular formula is C24H26N6O3. The first-order valence-electron chi connectivity index (χ1n) is 10.9. The first-order valence-corrected chi connectivity index (χ1v) is 10.9. The number of ether oxygens (including phenoxy) is 1. The molecule has 3 N–H and O–H groups in total. The van der Waals surface area contributed by atoms with Crippen molar-refractivity contribution < 1.29 is 14.6 Å². The SMILES string of the molecule is COc1cc(N2CCC(O)CC2)ccc1Nc1ncc2c(n1)N(C)c1ccccc1C(=O)N2. The van der Waals surface area contributed by atoms with Crippen LogP contribution in [-0.2, 0) is 0 Å². The predicted molar refractivity (Wildman–Crippen MR) is 128 cm³/mol. The Hall–Kier alpha value is -3.85. The van der Waals surface area contributed by atoms with Crippen molar-refractivity contribution in [1.29, 1.82) is 0 Å². The number of amides is 1. The maximum absolute atomic E-state index is 12.6. The highest BCUT2D eigenvalue weighted by Crippen LogP contribution is 2.37. The molecule has 0 bridgehead atoms. The molecule has 0 saturated carbocycles. The average molecular weight is 447 g/mol. The molecule has 2 aromatic carbocycles. The van der Waals surface area contributed by atoms with Gasteiger partial charge in [0.1, 0.15) is 11.4 Å². The van der Waals surface area contributed by atoms with Crippen molar-refractivity contribution in [3.8, 4) is 5.75 Å². The summed E-state index contributed by atoms with van der Waals surface area (Å²) in [6.07, 6.45) is 2.91. The van der Waals surface area contributed by atoms with Crippen LogP contribution in [0.3, 0.4) is 0 Å². The number of nitrogens with one attached hydrogen (secondary N) is 2. The van der Waals surface area contributed by atoms with Gasteiger partial charge in [-0.05, 0) is 37.1 Å². The van der Waals surface area contributed by atoms with Gasteiger partial charge in [-0.25, -0.2) is 4.98 Å². The van der Waals surface area contributed by atoms with Crippen LogP contribution in [0, 0.1) is 0 Å². The number of carbonyl (C=O) groups excluding carboxylic acids is 1. The van der Waals surface area contributed by atoms with Gasteiger partial charge in [-0.1, -0.05) is 12.1 Å². The van der Waals surface area contributed by atoms with Crippen molar-refractivity contribution >= 4 is 40.4 Å². The van der Waals surface area contributed by atoms with E-state index in [-0.39, 0.29) is 12.0 Å². The number of hydrogen-bond donors (Lipinski definition) is 3. The Kier molecular flexibility index (Phi) is 5.47. The molecule has 0 unspecified atom stereocenters. The zero-order valence-corrected chi connectivity index (χ0v) is 18.6. The van der Waals surface area contributed by atoms with E-state index in [9.17, 15) is 9.90 Å². The second kappa shape index (κ2) is 8.59. The number of fused-ring (bicyclic) bond motifs is 2. The van der Waals surface area contributed by atoms with E-state index in [1.54, 1.807) is 19.4 Å². The molecule has 3 aromatic rings. The quantitative estimate of drug-likeness (QED) is 0.559. The van der Waals surface area contributed by atoms with Gasteiger partial charge in [-0.15, -0.1) is 0 Å². The standard InChI is InChI=1S/C24H26N6O3/c1-29-20-6-4-3-5-17(20)23(32)26-19-14-25-24(28-22(19)29)27-18-8-7-15(13-21(18)33-2)30-11-9-16(31)10-12-30/h3-8,13-14,16,31H,9-12H2,1-2H3,(H,26,32)(H,25,27,28). The second-order valence-electron chi connectivity index (χ2n) is 8.19. The number of piperidine rings is 1. The Morgan fingerprint density at radius 2 is 1.97 bits per heavy atom. The van der Waals surface area contributed by atoms with Crippen molar-refractivity contribution in [2.24, 2.45) is 0 Å². The lowest BCUT2D eigenvalue weighted by Gasteiger charge is -2.31. The highest BCUT2D eigenvalue weighted by atomic mass is 16.5. The summed E-state index contributed by atoms with van der Waals surface area (Å²) in [5.41, 5.74) is 3.67. The Morgan fingerprint density at radius 1 is 1.18 bits per heavy atom. The summed E-state index contributed by atoms with van der Waals surface area (Å²) in [6.45, 7) is 1.62. The highest BCUT2D eigenvalue weighted by molar-refractivity contribution is 6.11. The lowest BCUT2D eigenvalue weighted by atomic mass is 10.1. The van der Waals surface area contributed by atoms with Crippen LogP contribution in [0.5, 0.6) is 5.75 Å². The number of aliphatic hydroxyl groups is 1. The predicted octanol–water partition coefficient (Wildman–Crippen LogP) is 3.52. The molecule has 170 valence electrons. The van der Waals surface area contributed by atoms with E-state index in [1.165, 1.54) is 0 Å². The summed E-state index contributed by atoms with van der Waals surface area (Å²) >= 11 is 0. The van der Waals surface area contributed by atoms with E-state index in [0.717, 1.165) is 43.0 Å². The van der Waals surface area contributed by atoms with Gasteiger partial charge < -0.3 is 30.3 Å². The molecule has 1 aromatic heterocycles. The lowest BCUT2D eigenvalue weighted by Crippen LogP contribution is -2.35. The third kappa shape index (κ3) is 4.03. The number of methoxy groups -OCH3 is 1. The zero-order valence-electron chi connectivity index (χ0n) is 18.6. The molecule has 33 heavy (non-hydrogen) atoms. The van der Waals surface area contributed by atoms with E-state index in [4.69, 9.17) is 4.74 Å². The van der Waals surface area contributed by atoms with E-state index in [0.29, 0.717) is 28.8 Å². The average Bonchev–Trinajstić information content (AvgIpc) is 2.95. The first-order chi connectivity index (χ1) is 16.0. The molecule has 0 aliphatic carbocycles. The van der Waals surface area contributed by atoms with Crippen LogP contribution in [-0.4, -0.2) is 54.3 Å². The summed E-state index contributed by atoms with van der Waals surface area (Å²) in [5, 5.41) is 15.9. The van der Waals surface area contributed by atoms with Crippen LogP contribution in [0.25, 0.3) is 0 Å². The minimum atomic E-state index is -0.218. The number of nitrogens with zero attached hydrogens (tertiary/aromatic N) is 4. The number of anilines is 6. The summed E-state index contributed by atoms with van der Waals surface area (Å²) in [4.78, 5) is 25.8. The normalized spacial score (nSPS) is 15.9. The van der Waals surface area contributed by atoms with Gasteiger partial charge in [0, 0.05) is 31.9 Å². The molecule has 5 rings (SSSR count). The lowest BCUT2D eigenvalue weighted by molar-refractivity contribution is 0.102. The van der Waals surface area contributed by atoms with Crippen molar-refractivity contribution in [1.82, 2.24) is 9.97 Å². The highest BCUT2D eigenvalue weighted by Gasteiger charge is 2.25. The Labute approximate surface area is 192 Å². The van der Waals surface area contributed by atoms with Crippen LogP contribution in [0.4, 0.5) is 34.5 Å². The molecule has 0 radical (unpaired) electrons. The van der Waals surface area contributed by atoms with Gasteiger partial charge in [-0.3, -0.25) is 4.79 Å². The van der Waals surface area contributed by atoms with Gasteiger partial charge in [0.2, 0.25) is 5.95 Å². The fraction of sp³-hybridized carbons (Fsp3) is 0.292. The van der Waals surface area contributed by atoms with Gasteiger partial charge in [0.15, 0.2) is 5.82 Å². The molecule has 0 spiro atoms. The van der Waals surface area contributed by atoms with Gasteiger partial charge >= 0.3 is 0 Å².